The van der Waals surface area contributed by atoms with Crippen LogP contribution in [-0.2, 0) is 13.1 Å². The lowest BCUT2D eigenvalue weighted by Gasteiger charge is -2.43. The van der Waals surface area contributed by atoms with Gasteiger partial charge in [-0.2, -0.15) is 13.2 Å². The van der Waals surface area contributed by atoms with E-state index in [1.807, 2.05) is 21.6 Å². The normalized spacial score (nSPS) is 22.8. The molecule has 6 nitrogen and oxygen atoms in total. The van der Waals surface area contributed by atoms with E-state index < -0.39 is 23.7 Å². The number of nitrogens with zero attached hydrogens (tertiary/aromatic N) is 6. The van der Waals surface area contributed by atoms with Gasteiger partial charge in [-0.25, -0.2) is 13.8 Å². The number of aromatic nitrogens is 4. The number of halogens is 6. The minimum absolute atomic E-state index is 0.0365. The number of piperidine rings is 1. The van der Waals surface area contributed by atoms with E-state index >= 15 is 0 Å². The summed E-state index contributed by atoms with van der Waals surface area (Å²) in [5.41, 5.74) is 1.79. The van der Waals surface area contributed by atoms with Crippen LogP contribution in [0.15, 0.2) is 30.5 Å². The largest absolute Gasteiger partial charge is 0.391 e. The molecule has 2 aliphatic heterocycles. The van der Waals surface area contributed by atoms with Crippen molar-refractivity contribution in [3.63, 3.8) is 0 Å². The van der Waals surface area contributed by atoms with E-state index in [0.717, 1.165) is 29.3 Å². The molecular weight excluding hydrogens is 515 g/mol. The van der Waals surface area contributed by atoms with Crippen LogP contribution in [0.4, 0.5) is 27.8 Å². The summed E-state index contributed by atoms with van der Waals surface area (Å²) >= 11 is 6.30. The van der Waals surface area contributed by atoms with Gasteiger partial charge in [0.1, 0.15) is 11.6 Å². The zero-order valence-electron chi connectivity index (χ0n) is 19.7. The summed E-state index contributed by atoms with van der Waals surface area (Å²) in [6, 6.07) is 6.20. The van der Waals surface area contributed by atoms with Crippen LogP contribution in [-0.4, -0.2) is 50.0 Å². The zero-order chi connectivity index (χ0) is 25.9. The quantitative estimate of drug-likeness (QED) is 0.404. The average Bonchev–Trinajstić information content (AvgIpc) is 3.14. The van der Waals surface area contributed by atoms with E-state index in [9.17, 15) is 22.0 Å². The lowest BCUT2D eigenvalue weighted by Crippen LogP contribution is -2.48. The van der Waals surface area contributed by atoms with Crippen molar-refractivity contribution in [2.24, 2.45) is 5.92 Å². The number of benzene rings is 1. The van der Waals surface area contributed by atoms with Crippen molar-refractivity contribution in [3.05, 3.63) is 64.3 Å². The van der Waals surface area contributed by atoms with Crippen molar-refractivity contribution >= 4 is 17.4 Å². The predicted octanol–water partition coefficient (Wildman–Crippen LogP) is 5.63. The highest BCUT2D eigenvalue weighted by molar-refractivity contribution is 6.30. The lowest BCUT2D eigenvalue weighted by atomic mass is 9.78. The number of alkyl halides is 3. The van der Waals surface area contributed by atoms with Crippen LogP contribution in [0.25, 0.3) is 5.69 Å². The Morgan fingerprint density at radius 1 is 0.973 bits per heavy atom. The first-order valence-corrected chi connectivity index (χ1v) is 12.6. The van der Waals surface area contributed by atoms with Gasteiger partial charge in [0.25, 0.3) is 0 Å². The predicted molar refractivity (Wildman–Crippen MR) is 127 cm³/mol. The van der Waals surface area contributed by atoms with E-state index in [1.165, 1.54) is 0 Å². The Hall–Kier alpha value is -2.79. The summed E-state index contributed by atoms with van der Waals surface area (Å²) in [4.78, 5) is 7.76. The molecule has 3 aromatic rings. The second kappa shape index (κ2) is 9.20. The molecule has 0 radical (unpaired) electrons. The van der Waals surface area contributed by atoms with Gasteiger partial charge in [-0.15, -0.1) is 10.2 Å². The minimum atomic E-state index is -4.17. The Kier molecular flexibility index (Phi) is 6.10. The molecule has 12 heteroatoms. The maximum absolute atomic E-state index is 14.3. The van der Waals surface area contributed by atoms with Gasteiger partial charge in [0.2, 0.25) is 0 Å². The molecule has 0 spiro atoms. The molecule has 0 bridgehead atoms. The molecule has 2 aromatic heterocycles. The molecule has 2 fully saturated rings. The molecule has 1 aromatic carbocycles. The molecule has 0 N–H and O–H groups in total. The van der Waals surface area contributed by atoms with E-state index in [4.69, 9.17) is 11.6 Å². The Bertz CT molecular complexity index is 1310. The standard InChI is InChI=1S/C25H24ClF5N6/c26-17-1-2-21-15(7-17)12-36(19-8-16(9-19)25(29,30)31)13-22-33-34-23(37(21)22)14-3-5-35(6-4-14)24-20(28)10-18(27)11-32-24/h1-2,7,10-11,14,16,19H,3-6,8-9,12-13H2. The highest BCUT2D eigenvalue weighted by Gasteiger charge is 2.50. The van der Waals surface area contributed by atoms with Gasteiger partial charge in [-0.1, -0.05) is 11.6 Å². The Labute approximate surface area is 215 Å². The molecule has 1 saturated heterocycles. The number of anilines is 1. The third-order valence-electron chi connectivity index (χ3n) is 7.80. The maximum atomic E-state index is 14.3. The SMILES string of the molecule is Fc1cnc(N2CCC(c3nnc4n3-c3ccc(Cl)cc3CN(C3CC(C(F)(F)F)C3)C4)CC2)c(F)c1. The van der Waals surface area contributed by atoms with Crippen molar-refractivity contribution in [1.29, 1.82) is 0 Å². The van der Waals surface area contributed by atoms with Crippen molar-refractivity contribution in [2.75, 3.05) is 18.0 Å². The maximum Gasteiger partial charge on any atom is 0.391 e. The zero-order valence-corrected chi connectivity index (χ0v) is 20.5. The van der Waals surface area contributed by atoms with Crippen LogP contribution in [0, 0.1) is 17.6 Å². The Morgan fingerprint density at radius 3 is 2.43 bits per heavy atom. The van der Waals surface area contributed by atoms with E-state index in [0.29, 0.717) is 49.9 Å². The fourth-order valence-electron chi connectivity index (χ4n) is 5.72. The van der Waals surface area contributed by atoms with Crippen LogP contribution in [0.1, 0.15) is 48.8 Å². The first-order chi connectivity index (χ1) is 17.7. The minimum Gasteiger partial charge on any atom is -0.354 e. The van der Waals surface area contributed by atoms with E-state index in [-0.39, 0.29) is 30.6 Å². The first kappa shape index (κ1) is 24.5. The monoisotopic (exact) mass is 538 g/mol. The van der Waals surface area contributed by atoms with E-state index in [1.54, 1.807) is 11.0 Å². The molecule has 0 unspecified atom stereocenters. The van der Waals surface area contributed by atoms with Gasteiger partial charge in [0.05, 0.1) is 24.3 Å². The smallest absolute Gasteiger partial charge is 0.354 e. The molecule has 1 saturated carbocycles. The summed E-state index contributed by atoms with van der Waals surface area (Å²) in [6.07, 6.45) is -1.67. The van der Waals surface area contributed by atoms with Crippen LogP contribution >= 0.6 is 11.6 Å². The fourth-order valence-corrected chi connectivity index (χ4v) is 5.91. The first-order valence-electron chi connectivity index (χ1n) is 12.3. The number of hydrogen-bond acceptors (Lipinski definition) is 5. The summed E-state index contributed by atoms with van der Waals surface area (Å²) in [6.45, 7) is 1.89. The van der Waals surface area contributed by atoms with E-state index in [2.05, 4.69) is 15.2 Å². The molecule has 37 heavy (non-hydrogen) atoms. The molecule has 1 aliphatic carbocycles. The van der Waals surface area contributed by atoms with Gasteiger partial charge < -0.3 is 4.90 Å². The fraction of sp³-hybridized carbons (Fsp3) is 0.480. The van der Waals surface area contributed by atoms with Crippen LogP contribution in [0.2, 0.25) is 5.02 Å². The number of hydrogen-bond donors (Lipinski definition) is 0. The second-order valence-electron chi connectivity index (χ2n) is 10.1. The van der Waals surface area contributed by atoms with Crippen LogP contribution in [0.3, 0.4) is 0 Å². The third kappa shape index (κ3) is 4.56. The number of rotatable bonds is 3. The molecule has 0 amide bonds. The summed E-state index contributed by atoms with van der Waals surface area (Å²) < 4.78 is 68.9. The topological polar surface area (TPSA) is 50.1 Å². The highest BCUT2D eigenvalue weighted by atomic mass is 35.5. The Balaban J connectivity index is 1.26. The summed E-state index contributed by atoms with van der Waals surface area (Å²) in [5, 5.41) is 9.54. The second-order valence-corrected chi connectivity index (χ2v) is 10.5. The van der Waals surface area contributed by atoms with Gasteiger partial charge in [-0.3, -0.25) is 9.47 Å². The third-order valence-corrected chi connectivity index (χ3v) is 8.03. The van der Waals surface area contributed by atoms with Crippen molar-refractivity contribution in [3.8, 4) is 5.69 Å². The Morgan fingerprint density at radius 2 is 1.73 bits per heavy atom. The van der Waals surface area contributed by atoms with Crippen molar-refractivity contribution < 1.29 is 22.0 Å². The van der Waals surface area contributed by atoms with Gasteiger partial charge in [0, 0.05) is 42.7 Å². The molecule has 4 heterocycles. The molecule has 0 atom stereocenters. The molecule has 196 valence electrons. The highest BCUT2D eigenvalue weighted by Crippen LogP contribution is 2.45. The van der Waals surface area contributed by atoms with Gasteiger partial charge in [0.15, 0.2) is 17.5 Å². The summed E-state index contributed by atoms with van der Waals surface area (Å²) in [5.74, 6) is -1.05. The van der Waals surface area contributed by atoms with Gasteiger partial charge in [-0.05, 0) is 49.4 Å². The summed E-state index contributed by atoms with van der Waals surface area (Å²) in [7, 11) is 0. The molecule has 6 rings (SSSR count). The van der Waals surface area contributed by atoms with Crippen LogP contribution < -0.4 is 4.90 Å². The molecule has 3 aliphatic rings. The lowest BCUT2D eigenvalue weighted by molar-refractivity contribution is -0.207. The van der Waals surface area contributed by atoms with Crippen molar-refractivity contribution in [2.45, 2.75) is 56.9 Å². The van der Waals surface area contributed by atoms with Crippen LogP contribution in [0.5, 0.6) is 0 Å². The average molecular weight is 539 g/mol. The van der Waals surface area contributed by atoms with Gasteiger partial charge >= 0.3 is 6.18 Å². The number of fused-ring (bicyclic) bond motifs is 3. The number of pyridine rings is 1. The van der Waals surface area contributed by atoms with Crippen molar-refractivity contribution in [1.82, 2.24) is 24.6 Å². The molecular formula is C25H24ClF5N6.